The lowest BCUT2D eigenvalue weighted by Gasteiger charge is -2.20. The number of rotatable bonds is 5. The number of nitrogens with zero attached hydrogens (tertiary/aromatic N) is 3. The molecule has 0 unspecified atom stereocenters. The Bertz CT molecular complexity index is 1070. The predicted octanol–water partition coefficient (Wildman–Crippen LogP) is 4.48. The zero-order valence-electron chi connectivity index (χ0n) is 15.7. The van der Waals surface area contributed by atoms with Gasteiger partial charge in [-0.15, -0.1) is 23.4 Å². The van der Waals surface area contributed by atoms with Crippen molar-refractivity contribution in [3.05, 3.63) is 65.1 Å². The molecule has 0 saturated carbocycles. The number of pyridine rings is 1. The first-order valence-corrected chi connectivity index (χ1v) is 9.49. The van der Waals surface area contributed by atoms with Crippen LogP contribution in [0.5, 0.6) is 11.5 Å². The van der Waals surface area contributed by atoms with Crippen molar-refractivity contribution in [3.63, 3.8) is 0 Å². The summed E-state index contributed by atoms with van der Waals surface area (Å²) in [5.74, 6) is 0.494. The fourth-order valence-corrected chi connectivity index (χ4v) is 3.41. The molecule has 0 radical (unpaired) electrons. The summed E-state index contributed by atoms with van der Waals surface area (Å²) >= 11 is 1.44. The van der Waals surface area contributed by atoms with E-state index in [0.29, 0.717) is 27.9 Å². The summed E-state index contributed by atoms with van der Waals surface area (Å²) in [4.78, 5) is 9.90. The molecular formula is C19H15F3N4O3S. The SMILES string of the molecule is Cc1nnc(-c2ccc(OC3=C[C@](C)(c4ccc(OC(F)(F)F)cc4)ON3)cn2)s1. The van der Waals surface area contributed by atoms with Gasteiger partial charge < -0.3 is 9.47 Å². The van der Waals surface area contributed by atoms with Gasteiger partial charge in [0.05, 0.1) is 6.20 Å². The van der Waals surface area contributed by atoms with E-state index in [1.807, 2.05) is 6.92 Å². The fraction of sp³-hybridized carbons (Fsp3) is 0.211. The molecule has 11 heteroatoms. The van der Waals surface area contributed by atoms with Crippen molar-refractivity contribution >= 4 is 11.3 Å². The van der Waals surface area contributed by atoms with E-state index in [9.17, 15) is 13.2 Å². The van der Waals surface area contributed by atoms with Crippen molar-refractivity contribution in [2.45, 2.75) is 25.8 Å². The highest BCUT2D eigenvalue weighted by atomic mass is 32.1. The van der Waals surface area contributed by atoms with Crippen LogP contribution in [0.4, 0.5) is 13.2 Å². The first kappa shape index (κ1) is 20.1. The van der Waals surface area contributed by atoms with Crippen LogP contribution in [0.15, 0.2) is 54.6 Å². The number of ether oxygens (including phenoxy) is 2. The fourth-order valence-electron chi connectivity index (χ4n) is 2.74. The molecule has 0 spiro atoms. The molecular weight excluding hydrogens is 421 g/mol. The Morgan fingerprint density at radius 3 is 2.40 bits per heavy atom. The van der Waals surface area contributed by atoms with Crippen molar-refractivity contribution in [1.29, 1.82) is 0 Å². The van der Waals surface area contributed by atoms with Crippen LogP contribution in [0.25, 0.3) is 10.7 Å². The number of aryl methyl sites for hydroxylation is 1. The van der Waals surface area contributed by atoms with Crippen LogP contribution < -0.4 is 15.0 Å². The van der Waals surface area contributed by atoms with Crippen LogP contribution in [0, 0.1) is 6.92 Å². The number of hydroxylamine groups is 1. The van der Waals surface area contributed by atoms with Gasteiger partial charge in [-0.05, 0) is 43.7 Å². The second-order valence-corrected chi connectivity index (χ2v) is 7.68. The minimum Gasteiger partial charge on any atom is -0.438 e. The Hall–Kier alpha value is -3.18. The molecule has 0 fully saturated rings. The third-order valence-electron chi connectivity index (χ3n) is 4.14. The predicted molar refractivity (Wildman–Crippen MR) is 101 cm³/mol. The molecule has 1 aliphatic rings. The van der Waals surface area contributed by atoms with E-state index >= 15 is 0 Å². The summed E-state index contributed by atoms with van der Waals surface area (Å²) in [6.07, 6.45) is -1.52. The Morgan fingerprint density at radius 1 is 1.07 bits per heavy atom. The zero-order valence-corrected chi connectivity index (χ0v) is 16.5. The van der Waals surface area contributed by atoms with Crippen LogP contribution in [0.3, 0.4) is 0 Å². The smallest absolute Gasteiger partial charge is 0.438 e. The zero-order chi connectivity index (χ0) is 21.4. The maximum atomic E-state index is 12.3. The molecule has 1 aromatic carbocycles. The number of hydrogen-bond donors (Lipinski definition) is 1. The average Bonchev–Trinajstić information content (AvgIpc) is 3.28. The van der Waals surface area contributed by atoms with E-state index in [1.165, 1.54) is 35.6 Å². The molecule has 3 aromatic rings. The Balaban J connectivity index is 1.45. The monoisotopic (exact) mass is 436 g/mol. The quantitative estimate of drug-likeness (QED) is 0.632. The first-order chi connectivity index (χ1) is 14.2. The third-order valence-corrected chi connectivity index (χ3v) is 5.00. The van der Waals surface area contributed by atoms with Crippen molar-refractivity contribution in [2.75, 3.05) is 0 Å². The van der Waals surface area contributed by atoms with Crippen molar-refractivity contribution in [2.24, 2.45) is 0 Å². The van der Waals surface area contributed by atoms with Gasteiger partial charge >= 0.3 is 6.36 Å². The minimum absolute atomic E-state index is 0.307. The van der Waals surface area contributed by atoms with Gasteiger partial charge in [-0.3, -0.25) is 4.84 Å². The highest BCUT2D eigenvalue weighted by Gasteiger charge is 2.34. The number of benzene rings is 1. The second-order valence-electron chi connectivity index (χ2n) is 6.50. The topological polar surface area (TPSA) is 78.4 Å². The Morgan fingerprint density at radius 2 is 1.80 bits per heavy atom. The maximum Gasteiger partial charge on any atom is 0.573 e. The number of halogens is 3. The van der Waals surface area contributed by atoms with Gasteiger partial charge in [0.15, 0.2) is 5.01 Å². The average molecular weight is 436 g/mol. The maximum absolute atomic E-state index is 12.3. The van der Waals surface area contributed by atoms with Crippen molar-refractivity contribution in [3.8, 4) is 22.2 Å². The Labute approximate surface area is 173 Å². The molecule has 1 aliphatic heterocycles. The van der Waals surface area contributed by atoms with Crippen LogP contribution in [-0.2, 0) is 10.4 Å². The molecule has 0 saturated heterocycles. The van der Waals surface area contributed by atoms with Gasteiger partial charge in [-0.1, -0.05) is 23.5 Å². The normalized spacial score (nSPS) is 18.6. The molecule has 156 valence electrons. The highest BCUT2D eigenvalue weighted by Crippen LogP contribution is 2.34. The standard InChI is InChI=1S/C19H15F3N4O3S/c1-11-24-25-17(30-11)15-8-7-14(10-23-15)27-16-9-18(2,29-26-16)12-3-5-13(6-4-12)28-19(20,21)22/h3-10,26H,1-2H3/t18-/m1/s1. The molecule has 0 amide bonds. The molecule has 0 aliphatic carbocycles. The van der Waals surface area contributed by atoms with E-state index in [0.717, 1.165) is 5.01 Å². The second kappa shape index (κ2) is 7.58. The summed E-state index contributed by atoms with van der Waals surface area (Å²) in [6.45, 7) is 3.61. The van der Waals surface area contributed by atoms with Gasteiger partial charge in [0.2, 0.25) is 5.88 Å². The van der Waals surface area contributed by atoms with Gasteiger partial charge in [-0.25, -0.2) is 10.5 Å². The van der Waals surface area contributed by atoms with E-state index in [4.69, 9.17) is 9.57 Å². The number of nitrogens with one attached hydrogen (secondary N) is 1. The minimum atomic E-state index is -4.74. The molecule has 1 N–H and O–H groups in total. The largest absolute Gasteiger partial charge is 0.573 e. The van der Waals surface area contributed by atoms with Crippen molar-refractivity contribution in [1.82, 2.24) is 20.7 Å². The Kier molecular flexibility index (Phi) is 5.08. The first-order valence-electron chi connectivity index (χ1n) is 8.68. The summed E-state index contributed by atoms with van der Waals surface area (Å²) in [7, 11) is 0. The summed E-state index contributed by atoms with van der Waals surface area (Å²) < 4.78 is 46.5. The van der Waals surface area contributed by atoms with E-state index in [1.54, 1.807) is 31.3 Å². The van der Waals surface area contributed by atoms with Crippen LogP contribution >= 0.6 is 11.3 Å². The molecule has 7 nitrogen and oxygen atoms in total. The molecule has 4 rings (SSSR count). The molecule has 0 bridgehead atoms. The van der Waals surface area contributed by atoms with Crippen LogP contribution in [0.2, 0.25) is 0 Å². The van der Waals surface area contributed by atoms with Crippen LogP contribution in [0.1, 0.15) is 17.5 Å². The summed E-state index contributed by atoms with van der Waals surface area (Å²) in [5.41, 5.74) is 3.03. The molecule has 1 atom stereocenters. The van der Waals surface area contributed by atoms with Gasteiger partial charge in [0.1, 0.15) is 27.8 Å². The highest BCUT2D eigenvalue weighted by molar-refractivity contribution is 7.14. The number of alkyl halides is 3. The summed E-state index contributed by atoms with van der Waals surface area (Å²) in [6, 6.07) is 8.93. The lowest BCUT2D eigenvalue weighted by atomic mass is 9.96. The van der Waals surface area contributed by atoms with Crippen molar-refractivity contribution < 1.29 is 27.5 Å². The molecule has 30 heavy (non-hydrogen) atoms. The van der Waals surface area contributed by atoms with E-state index in [2.05, 4.69) is 25.4 Å². The molecule has 3 heterocycles. The number of aromatic nitrogens is 3. The van der Waals surface area contributed by atoms with Gasteiger partial charge in [-0.2, -0.15) is 0 Å². The lowest BCUT2D eigenvalue weighted by molar-refractivity contribution is -0.274. The number of hydrogen-bond acceptors (Lipinski definition) is 8. The van der Waals surface area contributed by atoms with E-state index in [-0.39, 0.29) is 5.75 Å². The van der Waals surface area contributed by atoms with E-state index < -0.39 is 12.0 Å². The lowest BCUT2D eigenvalue weighted by Crippen LogP contribution is -2.23. The van der Waals surface area contributed by atoms with Gasteiger partial charge in [0, 0.05) is 6.08 Å². The van der Waals surface area contributed by atoms with Gasteiger partial charge in [0.25, 0.3) is 0 Å². The molecule has 2 aromatic heterocycles. The summed E-state index contributed by atoms with van der Waals surface area (Å²) in [5, 5.41) is 9.57. The van der Waals surface area contributed by atoms with Crippen LogP contribution in [-0.4, -0.2) is 21.5 Å². The third kappa shape index (κ3) is 4.52.